The van der Waals surface area contributed by atoms with E-state index in [-0.39, 0.29) is 11.8 Å². The molecule has 0 spiro atoms. The Bertz CT molecular complexity index is 231. The third kappa shape index (κ3) is 6.38. The van der Waals surface area contributed by atoms with Gasteiger partial charge in [0.15, 0.2) is 9.84 Å². The Morgan fingerprint density at radius 3 is 2.07 bits per heavy atom. The Morgan fingerprint density at radius 2 is 1.71 bits per heavy atom. The molecule has 0 heterocycles. The van der Waals surface area contributed by atoms with Crippen LogP contribution >= 0.6 is 0 Å². The summed E-state index contributed by atoms with van der Waals surface area (Å²) in [5.74, 6) is 0.876. The average Bonchev–Trinajstić information content (AvgIpc) is 2.11. The summed E-state index contributed by atoms with van der Waals surface area (Å²) in [4.78, 5) is 0. The zero-order chi connectivity index (χ0) is 11.2. The van der Waals surface area contributed by atoms with Gasteiger partial charge in [-0.25, -0.2) is 8.42 Å². The highest BCUT2D eigenvalue weighted by molar-refractivity contribution is 7.91. The van der Waals surface area contributed by atoms with E-state index in [1.54, 1.807) is 0 Å². The summed E-state index contributed by atoms with van der Waals surface area (Å²) in [6, 6.07) is -0.0218. The molecular formula is C10H23NO2S. The van der Waals surface area contributed by atoms with Gasteiger partial charge in [-0.2, -0.15) is 0 Å². The van der Waals surface area contributed by atoms with Crippen LogP contribution in [0.5, 0.6) is 0 Å². The van der Waals surface area contributed by atoms with Gasteiger partial charge in [0.25, 0.3) is 0 Å². The number of hydrogen-bond acceptors (Lipinski definition) is 3. The van der Waals surface area contributed by atoms with Gasteiger partial charge in [-0.05, 0) is 19.3 Å². The van der Waals surface area contributed by atoms with Gasteiger partial charge in [-0.15, -0.1) is 0 Å². The van der Waals surface area contributed by atoms with Crippen LogP contribution in [0.1, 0.15) is 40.0 Å². The molecule has 0 radical (unpaired) electrons. The number of rotatable bonds is 7. The Balaban J connectivity index is 4.06. The van der Waals surface area contributed by atoms with E-state index < -0.39 is 9.84 Å². The molecule has 0 aromatic carbocycles. The minimum Gasteiger partial charge on any atom is -0.328 e. The first-order valence-electron chi connectivity index (χ1n) is 5.37. The van der Waals surface area contributed by atoms with Crippen molar-refractivity contribution in [2.24, 2.45) is 11.7 Å². The Hall–Kier alpha value is -0.0900. The molecule has 0 aliphatic heterocycles. The van der Waals surface area contributed by atoms with Crippen LogP contribution in [-0.2, 0) is 9.84 Å². The van der Waals surface area contributed by atoms with Gasteiger partial charge >= 0.3 is 0 Å². The van der Waals surface area contributed by atoms with Crippen molar-refractivity contribution in [3.05, 3.63) is 0 Å². The lowest BCUT2D eigenvalue weighted by Gasteiger charge is -2.13. The van der Waals surface area contributed by atoms with Crippen molar-refractivity contribution in [2.45, 2.75) is 46.1 Å². The molecule has 4 heteroatoms. The topological polar surface area (TPSA) is 60.2 Å². The lowest BCUT2D eigenvalue weighted by atomic mass is 10.1. The largest absolute Gasteiger partial charge is 0.328 e. The van der Waals surface area contributed by atoms with E-state index in [1.807, 2.05) is 20.8 Å². The zero-order valence-electron chi connectivity index (χ0n) is 9.49. The summed E-state index contributed by atoms with van der Waals surface area (Å²) in [6.07, 6.45) is 2.45. The van der Waals surface area contributed by atoms with Crippen LogP contribution in [0.2, 0.25) is 0 Å². The van der Waals surface area contributed by atoms with Crippen molar-refractivity contribution in [1.82, 2.24) is 0 Å². The fraction of sp³-hybridized carbons (Fsp3) is 1.00. The molecule has 1 atom stereocenters. The lowest BCUT2D eigenvalue weighted by Crippen LogP contribution is -2.23. The molecule has 1 unspecified atom stereocenters. The smallest absolute Gasteiger partial charge is 0.150 e. The monoisotopic (exact) mass is 221 g/mol. The van der Waals surface area contributed by atoms with Gasteiger partial charge in [0.2, 0.25) is 0 Å². The second kappa shape index (κ2) is 6.40. The Labute approximate surface area is 88.0 Å². The Kier molecular flexibility index (Phi) is 6.36. The van der Waals surface area contributed by atoms with E-state index in [1.165, 1.54) is 0 Å². The molecular weight excluding hydrogens is 198 g/mol. The van der Waals surface area contributed by atoms with E-state index >= 15 is 0 Å². The van der Waals surface area contributed by atoms with E-state index in [4.69, 9.17) is 5.73 Å². The first-order valence-corrected chi connectivity index (χ1v) is 7.19. The maximum atomic E-state index is 11.6. The van der Waals surface area contributed by atoms with Gasteiger partial charge < -0.3 is 5.73 Å². The van der Waals surface area contributed by atoms with E-state index in [0.717, 1.165) is 12.8 Å². The molecule has 2 N–H and O–H groups in total. The van der Waals surface area contributed by atoms with Gasteiger partial charge in [0, 0.05) is 6.04 Å². The van der Waals surface area contributed by atoms with Crippen LogP contribution in [0.25, 0.3) is 0 Å². The van der Waals surface area contributed by atoms with E-state index in [9.17, 15) is 8.42 Å². The summed E-state index contributed by atoms with van der Waals surface area (Å²) in [5.41, 5.74) is 5.53. The van der Waals surface area contributed by atoms with Crippen LogP contribution < -0.4 is 5.73 Å². The first kappa shape index (κ1) is 13.9. The van der Waals surface area contributed by atoms with Gasteiger partial charge in [-0.1, -0.05) is 26.7 Å². The molecule has 0 aliphatic carbocycles. The van der Waals surface area contributed by atoms with Crippen LogP contribution in [-0.4, -0.2) is 26.0 Å². The second-order valence-electron chi connectivity index (χ2n) is 4.06. The van der Waals surface area contributed by atoms with Crippen LogP contribution in [0.15, 0.2) is 0 Å². The molecule has 0 aromatic rings. The molecule has 3 nitrogen and oxygen atoms in total. The molecule has 0 aromatic heterocycles. The molecule has 0 saturated carbocycles. The summed E-state index contributed by atoms with van der Waals surface area (Å²) >= 11 is 0. The molecule has 0 fully saturated rings. The lowest BCUT2D eigenvalue weighted by molar-refractivity contribution is 0.521. The average molecular weight is 221 g/mol. The van der Waals surface area contributed by atoms with Crippen molar-refractivity contribution >= 4 is 9.84 Å². The summed E-state index contributed by atoms with van der Waals surface area (Å²) in [7, 11) is -2.88. The van der Waals surface area contributed by atoms with Crippen molar-refractivity contribution < 1.29 is 8.42 Å². The van der Waals surface area contributed by atoms with E-state index in [2.05, 4.69) is 0 Å². The zero-order valence-corrected chi connectivity index (χ0v) is 10.3. The molecule has 0 bridgehead atoms. The van der Waals surface area contributed by atoms with Crippen molar-refractivity contribution in [3.63, 3.8) is 0 Å². The van der Waals surface area contributed by atoms with Crippen molar-refractivity contribution in [1.29, 1.82) is 0 Å². The maximum absolute atomic E-state index is 11.6. The van der Waals surface area contributed by atoms with Crippen LogP contribution in [0.4, 0.5) is 0 Å². The van der Waals surface area contributed by atoms with E-state index in [0.29, 0.717) is 18.1 Å². The first-order chi connectivity index (χ1) is 6.41. The van der Waals surface area contributed by atoms with Gasteiger partial charge in [0.05, 0.1) is 11.5 Å². The summed E-state index contributed by atoms with van der Waals surface area (Å²) in [5, 5.41) is 0. The standard InChI is InChI=1S/C10H23NO2S/c1-4-10(5-2)8-14(12,13)7-6-9(3)11/h9-10H,4-8,11H2,1-3H3. The molecule has 0 rings (SSSR count). The Morgan fingerprint density at radius 1 is 1.21 bits per heavy atom. The highest BCUT2D eigenvalue weighted by Gasteiger charge is 2.16. The summed E-state index contributed by atoms with van der Waals surface area (Å²) < 4.78 is 23.2. The third-order valence-electron chi connectivity index (χ3n) is 2.53. The SMILES string of the molecule is CCC(CC)CS(=O)(=O)CCC(C)N. The number of sulfone groups is 1. The fourth-order valence-corrected chi connectivity index (χ4v) is 3.42. The number of nitrogens with two attached hydrogens (primary N) is 1. The highest BCUT2D eigenvalue weighted by Crippen LogP contribution is 2.12. The molecule has 14 heavy (non-hydrogen) atoms. The minimum atomic E-state index is -2.88. The van der Waals surface area contributed by atoms with Crippen LogP contribution in [0, 0.1) is 5.92 Å². The molecule has 86 valence electrons. The third-order valence-corrected chi connectivity index (χ3v) is 4.37. The molecule has 0 aliphatic rings. The number of hydrogen-bond donors (Lipinski definition) is 1. The summed E-state index contributed by atoms with van der Waals surface area (Å²) in [6.45, 7) is 5.91. The predicted molar refractivity (Wildman–Crippen MR) is 61.0 cm³/mol. The van der Waals surface area contributed by atoms with Crippen molar-refractivity contribution in [3.8, 4) is 0 Å². The van der Waals surface area contributed by atoms with Crippen molar-refractivity contribution in [2.75, 3.05) is 11.5 Å². The molecule has 0 saturated heterocycles. The normalized spacial score (nSPS) is 14.6. The minimum absolute atomic E-state index is 0.0218. The second-order valence-corrected chi connectivity index (χ2v) is 6.29. The van der Waals surface area contributed by atoms with Gasteiger partial charge in [0.1, 0.15) is 0 Å². The maximum Gasteiger partial charge on any atom is 0.150 e. The van der Waals surface area contributed by atoms with Gasteiger partial charge in [-0.3, -0.25) is 0 Å². The highest BCUT2D eigenvalue weighted by atomic mass is 32.2. The van der Waals surface area contributed by atoms with Crippen LogP contribution in [0.3, 0.4) is 0 Å². The fourth-order valence-electron chi connectivity index (χ4n) is 1.33. The quantitative estimate of drug-likeness (QED) is 0.710. The molecule has 0 amide bonds. The predicted octanol–water partition coefficient (Wildman–Crippen LogP) is 1.57.